The molecule has 1 fully saturated rings. The molecule has 1 N–H and O–H groups in total. The van der Waals surface area contributed by atoms with Gasteiger partial charge in [-0.1, -0.05) is 27.7 Å². The average molecular weight is 509 g/mol. The standard InChI is InChI=1S/C15H27O4.U/c1-9-8-10(19-15(5,6)7)11(13(16)17)18-12(9)14(2,3)4;/h8-12H,1-7H3,(H,16,17);/q-1;. The monoisotopic (exact) mass is 509 g/mol. The molecule has 20 heavy (non-hydrogen) atoms. The van der Waals surface area contributed by atoms with E-state index in [-0.39, 0.29) is 48.6 Å². The van der Waals surface area contributed by atoms with E-state index < -0.39 is 23.8 Å². The zero-order valence-electron chi connectivity index (χ0n) is 13.6. The van der Waals surface area contributed by atoms with Crippen LogP contribution in [0, 0.1) is 48.9 Å². The molecule has 4 unspecified atom stereocenters. The van der Waals surface area contributed by atoms with Crippen molar-refractivity contribution in [1.82, 2.24) is 0 Å². The number of ether oxygens (including phenoxy) is 2. The third-order valence-corrected chi connectivity index (χ3v) is 3.15. The first-order chi connectivity index (χ1) is 8.42. The van der Waals surface area contributed by atoms with Crippen LogP contribution in [-0.2, 0) is 14.3 Å². The molecule has 0 aromatic rings. The molecule has 0 aromatic carbocycles. The van der Waals surface area contributed by atoms with E-state index in [1.165, 1.54) is 0 Å². The number of carboxylic acid groups (broad SMARTS) is 1. The van der Waals surface area contributed by atoms with Crippen LogP contribution in [0.5, 0.6) is 0 Å². The largest absolute Gasteiger partial charge is 0.479 e. The van der Waals surface area contributed by atoms with Gasteiger partial charge in [0.25, 0.3) is 0 Å². The molecule has 1 aliphatic rings. The van der Waals surface area contributed by atoms with Crippen molar-refractivity contribution in [3.05, 3.63) is 6.42 Å². The zero-order chi connectivity index (χ0) is 15.0. The van der Waals surface area contributed by atoms with Crippen LogP contribution in [0.1, 0.15) is 48.5 Å². The molecule has 0 radical (unpaired) electrons. The fourth-order valence-electron chi connectivity index (χ4n) is 2.56. The maximum absolute atomic E-state index is 11.4. The maximum atomic E-state index is 11.4. The summed E-state index contributed by atoms with van der Waals surface area (Å²) in [6.45, 7) is 14.0. The first-order valence-electron chi connectivity index (χ1n) is 6.83. The van der Waals surface area contributed by atoms with E-state index in [0.29, 0.717) is 0 Å². The molecule has 0 amide bonds. The van der Waals surface area contributed by atoms with Gasteiger partial charge in [0.15, 0.2) is 6.10 Å². The van der Waals surface area contributed by atoms with Crippen LogP contribution in [0.4, 0.5) is 0 Å². The summed E-state index contributed by atoms with van der Waals surface area (Å²) in [7, 11) is 0. The van der Waals surface area contributed by atoms with Gasteiger partial charge in [0.2, 0.25) is 0 Å². The Labute approximate surface area is 146 Å². The smallest absolute Gasteiger partial charge is 0.332 e. The first-order valence-corrected chi connectivity index (χ1v) is 6.83. The second-order valence-electron chi connectivity index (χ2n) is 7.43. The predicted octanol–water partition coefficient (Wildman–Crippen LogP) is 2.91. The average Bonchev–Trinajstić information content (AvgIpc) is 2.11. The van der Waals surface area contributed by atoms with Gasteiger partial charge in [0, 0.05) is 37.2 Å². The van der Waals surface area contributed by atoms with Crippen molar-refractivity contribution in [2.75, 3.05) is 0 Å². The van der Waals surface area contributed by atoms with Crippen LogP contribution in [0.3, 0.4) is 0 Å². The molecule has 5 heteroatoms. The topological polar surface area (TPSA) is 55.8 Å². The van der Waals surface area contributed by atoms with E-state index in [1.807, 2.05) is 34.1 Å². The van der Waals surface area contributed by atoms with E-state index in [1.54, 1.807) is 0 Å². The first kappa shape index (κ1) is 20.4. The van der Waals surface area contributed by atoms with Crippen LogP contribution in [0.15, 0.2) is 0 Å². The minimum Gasteiger partial charge on any atom is -0.479 e. The van der Waals surface area contributed by atoms with E-state index >= 15 is 0 Å². The van der Waals surface area contributed by atoms with Crippen LogP contribution in [0.2, 0.25) is 0 Å². The number of aliphatic carboxylic acids is 1. The molecule has 1 saturated heterocycles. The van der Waals surface area contributed by atoms with Crippen molar-refractivity contribution in [3.8, 4) is 0 Å². The van der Waals surface area contributed by atoms with Crippen LogP contribution < -0.4 is 0 Å². The van der Waals surface area contributed by atoms with E-state index in [4.69, 9.17) is 9.47 Å². The fraction of sp³-hybridized carbons (Fsp3) is 0.867. The minimum atomic E-state index is -0.966. The van der Waals surface area contributed by atoms with E-state index in [9.17, 15) is 9.90 Å². The summed E-state index contributed by atoms with van der Waals surface area (Å²) >= 11 is 0. The molecule has 0 bridgehead atoms. The van der Waals surface area contributed by atoms with Crippen LogP contribution >= 0.6 is 0 Å². The zero-order valence-corrected chi connectivity index (χ0v) is 17.7. The SMILES string of the molecule is CC1[CH-]C(OC(C)(C)C)C(C(=O)O)OC1C(C)(C)C.[U]. The summed E-state index contributed by atoms with van der Waals surface area (Å²) in [4.78, 5) is 11.4. The second-order valence-corrected chi connectivity index (χ2v) is 7.43. The van der Waals surface area contributed by atoms with Crippen molar-refractivity contribution >= 4 is 5.97 Å². The Morgan fingerprint density at radius 3 is 2.05 bits per heavy atom. The summed E-state index contributed by atoms with van der Waals surface area (Å²) in [6.07, 6.45) is 0.419. The summed E-state index contributed by atoms with van der Waals surface area (Å²) in [6, 6.07) is 0. The van der Waals surface area contributed by atoms with Gasteiger partial charge >= 0.3 is 5.97 Å². The summed E-state index contributed by atoms with van der Waals surface area (Å²) < 4.78 is 11.6. The molecule has 116 valence electrons. The summed E-state index contributed by atoms with van der Waals surface area (Å²) in [5.74, 6) is -0.811. The Morgan fingerprint density at radius 2 is 1.70 bits per heavy atom. The van der Waals surface area contributed by atoms with Crippen molar-refractivity contribution in [2.45, 2.75) is 72.4 Å². The molecule has 0 aromatic heterocycles. The Morgan fingerprint density at radius 1 is 1.20 bits per heavy atom. The molecule has 4 nitrogen and oxygen atoms in total. The van der Waals surface area contributed by atoms with Gasteiger partial charge in [0.1, 0.15) is 0 Å². The second kappa shape index (κ2) is 7.14. The normalized spacial score (nSPS) is 31.6. The van der Waals surface area contributed by atoms with Gasteiger partial charge in [-0.3, -0.25) is 6.42 Å². The Kier molecular flexibility index (Phi) is 7.29. The van der Waals surface area contributed by atoms with Crippen molar-refractivity contribution in [3.63, 3.8) is 0 Å². The third kappa shape index (κ3) is 5.68. The van der Waals surface area contributed by atoms with Crippen LogP contribution in [0.25, 0.3) is 0 Å². The third-order valence-electron chi connectivity index (χ3n) is 3.15. The van der Waals surface area contributed by atoms with Gasteiger partial charge in [-0.2, -0.15) is 0 Å². The van der Waals surface area contributed by atoms with Crippen molar-refractivity contribution < 1.29 is 50.5 Å². The summed E-state index contributed by atoms with van der Waals surface area (Å²) in [5.41, 5.74) is -0.497. The number of hydrogen-bond donors (Lipinski definition) is 1. The predicted molar refractivity (Wildman–Crippen MR) is 73.8 cm³/mol. The minimum absolute atomic E-state index is 0. The van der Waals surface area contributed by atoms with E-state index in [2.05, 4.69) is 20.8 Å². The molecule has 4 atom stereocenters. The van der Waals surface area contributed by atoms with Gasteiger partial charge < -0.3 is 14.6 Å². The van der Waals surface area contributed by atoms with Crippen molar-refractivity contribution in [1.29, 1.82) is 0 Å². The molecule has 0 aliphatic carbocycles. The Balaban J connectivity index is 0.00000361. The van der Waals surface area contributed by atoms with Gasteiger partial charge in [0.05, 0.1) is 5.60 Å². The van der Waals surface area contributed by atoms with Gasteiger partial charge in [-0.15, -0.1) is 5.92 Å². The molecule has 0 spiro atoms. The number of rotatable bonds is 2. The molecular formula is C15H27O4U-. The summed E-state index contributed by atoms with van der Waals surface area (Å²) in [5, 5.41) is 9.35. The Hall–Kier alpha value is 0.442. The molecule has 1 aliphatic heterocycles. The maximum Gasteiger partial charge on any atom is 0.332 e. The van der Waals surface area contributed by atoms with Crippen molar-refractivity contribution in [2.24, 2.45) is 11.3 Å². The molecule has 1 rings (SSSR count). The molecule has 1 heterocycles. The fourth-order valence-corrected chi connectivity index (χ4v) is 2.56. The molecule has 0 saturated carbocycles. The van der Waals surface area contributed by atoms with Gasteiger partial charge in [-0.25, -0.2) is 4.79 Å². The van der Waals surface area contributed by atoms with Crippen LogP contribution in [-0.4, -0.2) is 35.0 Å². The number of carboxylic acids is 1. The van der Waals surface area contributed by atoms with Gasteiger partial charge in [-0.05, 0) is 32.3 Å². The molecular weight excluding hydrogens is 482 g/mol. The quantitative estimate of drug-likeness (QED) is 0.582. The number of hydrogen-bond acceptors (Lipinski definition) is 3. The van der Waals surface area contributed by atoms with E-state index in [0.717, 1.165) is 0 Å². The Bertz CT molecular complexity index is 330. The number of carbonyl (C=O) groups is 1.